The number of allylic oxidation sites excluding steroid dienone is 3. The Hall–Kier alpha value is -3.32. The number of hydrogen-bond acceptors (Lipinski definition) is 12. The average molecular weight is 543 g/mol. The Morgan fingerprint density at radius 3 is 2.76 bits per heavy atom. The van der Waals surface area contributed by atoms with Gasteiger partial charge in [0.2, 0.25) is 6.61 Å². The number of methoxy groups -OCH3 is 1. The molecule has 0 aliphatic carbocycles. The molecule has 0 amide bonds. The van der Waals surface area contributed by atoms with Gasteiger partial charge in [-0.25, -0.2) is 19.4 Å². The van der Waals surface area contributed by atoms with Crippen molar-refractivity contribution in [1.29, 1.82) is 0 Å². The number of nitrogens with zero attached hydrogens (tertiary/aromatic N) is 1. The summed E-state index contributed by atoms with van der Waals surface area (Å²) in [5, 5.41) is 24.5. The zero-order valence-corrected chi connectivity index (χ0v) is 21.6. The molecule has 1 aliphatic heterocycles. The fourth-order valence-electron chi connectivity index (χ4n) is 3.19. The van der Waals surface area contributed by atoms with E-state index in [1.54, 1.807) is 13.0 Å². The molecule has 2 rings (SSSR count). The molecule has 1 aliphatic rings. The monoisotopic (exact) mass is 542 g/mol. The molecular formula is C24H31ClN2O10. The van der Waals surface area contributed by atoms with E-state index in [0.29, 0.717) is 25.0 Å². The Balaban J connectivity index is 2.52. The highest BCUT2D eigenvalue weighted by molar-refractivity contribution is 6.33. The molecule has 1 aromatic carbocycles. The number of cyclic esters (lactones) is 1. The number of aromatic hydroxyl groups is 2. The molecule has 204 valence electrons. The van der Waals surface area contributed by atoms with Crippen molar-refractivity contribution in [3.63, 3.8) is 0 Å². The number of ether oxygens (including phenoxy) is 2. The Labute approximate surface area is 219 Å². The van der Waals surface area contributed by atoms with Crippen molar-refractivity contribution in [3.05, 3.63) is 46.1 Å². The normalized spacial score (nSPS) is 20.1. The second-order valence-electron chi connectivity index (χ2n) is 7.76. The number of halogens is 1. The first-order chi connectivity index (χ1) is 17.8. The van der Waals surface area contributed by atoms with Gasteiger partial charge in [-0.05, 0) is 31.4 Å². The van der Waals surface area contributed by atoms with E-state index in [2.05, 4.69) is 20.3 Å². The van der Waals surface area contributed by atoms with Crippen molar-refractivity contribution in [1.82, 2.24) is 5.48 Å². The number of benzene rings is 1. The number of fused-ring (bicyclic) bond motifs is 1. The lowest BCUT2D eigenvalue weighted by Crippen LogP contribution is -2.20. The lowest BCUT2D eigenvalue weighted by Gasteiger charge is -2.18. The van der Waals surface area contributed by atoms with Gasteiger partial charge in [-0.1, -0.05) is 28.9 Å². The number of hydrogen-bond donors (Lipinski definition) is 3. The van der Waals surface area contributed by atoms with Crippen LogP contribution in [0.2, 0.25) is 5.02 Å². The molecule has 13 heteroatoms. The summed E-state index contributed by atoms with van der Waals surface area (Å²) < 4.78 is 10.0. The molecule has 0 fully saturated rings. The SMILES string of the molecule is COOCCON/C1=C/C(=N\OCC(=O)OC)Cc2c(Cl)c(O)cc(O)c2C(=O)OC(C)C/C=C/CC1. The van der Waals surface area contributed by atoms with Crippen LogP contribution < -0.4 is 5.48 Å². The van der Waals surface area contributed by atoms with Gasteiger partial charge in [-0.15, -0.1) is 0 Å². The summed E-state index contributed by atoms with van der Waals surface area (Å²) in [6.45, 7) is 1.56. The number of nitrogens with one attached hydrogen (secondary N) is 1. The summed E-state index contributed by atoms with van der Waals surface area (Å²) in [6, 6.07) is 0.958. The van der Waals surface area contributed by atoms with Crippen LogP contribution >= 0.6 is 11.6 Å². The second kappa shape index (κ2) is 15.7. The highest BCUT2D eigenvalue weighted by Gasteiger charge is 2.26. The Kier molecular flexibility index (Phi) is 12.7. The van der Waals surface area contributed by atoms with Crippen LogP contribution in [0.25, 0.3) is 0 Å². The van der Waals surface area contributed by atoms with Crippen LogP contribution in [-0.2, 0) is 40.1 Å². The molecule has 37 heavy (non-hydrogen) atoms. The minimum Gasteiger partial charge on any atom is -0.507 e. The Morgan fingerprint density at radius 1 is 1.24 bits per heavy atom. The average Bonchev–Trinajstić information content (AvgIpc) is 2.85. The zero-order chi connectivity index (χ0) is 27.2. The maximum Gasteiger partial charge on any atom is 0.346 e. The first-order valence-corrected chi connectivity index (χ1v) is 11.7. The molecule has 3 N–H and O–H groups in total. The molecule has 1 aromatic rings. The highest BCUT2D eigenvalue weighted by atomic mass is 35.5. The second-order valence-corrected chi connectivity index (χ2v) is 8.14. The standard InChI is InChI=1S/C24H31ClN2O10/c1-15-7-5-4-6-8-16(26-34-9-10-36-33-3)11-17(27-35-14-21(30)32-2)12-18-22(24(31)37-15)19(28)13-20(29)23(18)25/h4-5,11,13,15,26,28-29H,6-10,12,14H2,1-3H3/b5-4+,16-11+,27-17+. The van der Waals surface area contributed by atoms with Gasteiger partial charge in [0, 0.05) is 24.6 Å². The van der Waals surface area contributed by atoms with Crippen molar-refractivity contribution in [3.8, 4) is 11.5 Å². The van der Waals surface area contributed by atoms with Crippen LogP contribution in [0.15, 0.2) is 35.1 Å². The van der Waals surface area contributed by atoms with Crippen LogP contribution in [0.3, 0.4) is 0 Å². The van der Waals surface area contributed by atoms with E-state index in [1.165, 1.54) is 14.2 Å². The van der Waals surface area contributed by atoms with Gasteiger partial charge < -0.3 is 24.5 Å². The van der Waals surface area contributed by atoms with Gasteiger partial charge in [0.25, 0.3) is 0 Å². The van der Waals surface area contributed by atoms with E-state index < -0.39 is 36.1 Å². The van der Waals surface area contributed by atoms with Crippen molar-refractivity contribution >= 4 is 29.3 Å². The number of phenols is 2. The van der Waals surface area contributed by atoms with E-state index in [4.69, 9.17) is 30.9 Å². The van der Waals surface area contributed by atoms with Crippen LogP contribution in [0.4, 0.5) is 0 Å². The smallest absolute Gasteiger partial charge is 0.346 e. The van der Waals surface area contributed by atoms with E-state index >= 15 is 0 Å². The van der Waals surface area contributed by atoms with Gasteiger partial charge in [0.1, 0.15) is 36.4 Å². The summed E-state index contributed by atoms with van der Waals surface area (Å²) >= 11 is 6.34. The lowest BCUT2D eigenvalue weighted by atomic mass is 9.99. The Morgan fingerprint density at radius 2 is 2.03 bits per heavy atom. The van der Waals surface area contributed by atoms with E-state index in [-0.39, 0.29) is 41.5 Å². The minimum absolute atomic E-state index is 0.0504. The maximum absolute atomic E-state index is 13.0. The van der Waals surface area contributed by atoms with E-state index in [0.717, 1.165) is 6.07 Å². The highest BCUT2D eigenvalue weighted by Crippen LogP contribution is 2.37. The minimum atomic E-state index is -0.828. The van der Waals surface area contributed by atoms with Crippen LogP contribution in [0.1, 0.15) is 42.1 Å². The summed E-state index contributed by atoms with van der Waals surface area (Å²) in [4.78, 5) is 44.3. The first-order valence-electron chi connectivity index (χ1n) is 11.4. The molecule has 1 atom stereocenters. The molecule has 1 heterocycles. The van der Waals surface area contributed by atoms with Crippen molar-refractivity contribution in [2.75, 3.05) is 34.0 Å². The molecule has 0 radical (unpaired) electrons. The number of esters is 2. The van der Waals surface area contributed by atoms with E-state index in [1.807, 2.05) is 12.2 Å². The topological polar surface area (TPSA) is 154 Å². The predicted molar refractivity (Wildman–Crippen MR) is 132 cm³/mol. The van der Waals surface area contributed by atoms with Crippen LogP contribution in [-0.4, -0.2) is 68.0 Å². The number of oxime groups is 1. The molecule has 12 nitrogen and oxygen atoms in total. The van der Waals surface area contributed by atoms with Crippen LogP contribution in [0.5, 0.6) is 11.5 Å². The van der Waals surface area contributed by atoms with Gasteiger partial charge >= 0.3 is 11.9 Å². The third-order valence-corrected chi connectivity index (χ3v) is 5.35. The van der Waals surface area contributed by atoms with Gasteiger partial charge in [-0.2, -0.15) is 0 Å². The molecule has 1 unspecified atom stereocenters. The Bertz CT molecular complexity index is 1030. The van der Waals surface area contributed by atoms with Crippen LogP contribution in [0, 0.1) is 0 Å². The summed E-state index contributed by atoms with van der Waals surface area (Å²) in [5.41, 5.74) is 3.39. The van der Waals surface area contributed by atoms with Gasteiger partial charge in [0.05, 0.1) is 25.0 Å². The molecule has 0 bridgehead atoms. The van der Waals surface area contributed by atoms with Gasteiger partial charge in [0.15, 0.2) is 0 Å². The largest absolute Gasteiger partial charge is 0.507 e. The fourth-order valence-corrected chi connectivity index (χ4v) is 3.40. The molecule has 0 aromatic heterocycles. The number of carbonyl (C=O) groups is 2. The summed E-state index contributed by atoms with van der Waals surface area (Å²) in [6.07, 6.45) is 6.21. The molecular weight excluding hydrogens is 512 g/mol. The van der Waals surface area contributed by atoms with E-state index in [9.17, 15) is 19.8 Å². The van der Waals surface area contributed by atoms with Crippen molar-refractivity contribution in [2.45, 2.75) is 38.7 Å². The third kappa shape index (κ3) is 9.92. The lowest BCUT2D eigenvalue weighted by molar-refractivity contribution is -0.279. The predicted octanol–water partition coefficient (Wildman–Crippen LogP) is 3.11. The molecule has 0 saturated carbocycles. The first kappa shape index (κ1) is 29.9. The molecule has 0 spiro atoms. The zero-order valence-electron chi connectivity index (χ0n) is 20.8. The number of hydroxylamine groups is 1. The van der Waals surface area contributed by atoms with Gasteiger partial charge in [-0.3, -0.25) is 10.3 Å². The maximum atomic E-state index is 13.0. The number of phenolic OH excluding ortho intramolecular Hbond substituents is 2. The third-order valence-electron chi connectivity index (χ3n) is 4.93. The quantitative estimate of drug-likeness (QED) is 0.138. The summed E-state index contributed by atoms with van der Waals surface area (Å²) in [5.74, 6) is -2.45. The van der Waals surface area contributed by atoms with Crippen molar-refractivity contribution < 1.29 is 48.7 Å². The van der Waals surface area contributed by atoms with Crippen molar-refractivity contribution in [2.24, 2.45) is 5.16 Å². The summed E-state index contributed by atoms with van der Waals surface area (Å²) in [7, 11) is 2.58. The molecule has 0 saturated heterocycles. The number of rotatable bonds is 9. The fraction of sp³-hybridized carbons (Fsp3) is 0.458. The number of carbonyl (C=O) groups excluding carboxylic acids is 2.